The number of rotatable bonds is 6. The van der Waals surface area contributed by atoms with E-state index in [0.717, 1.165) is 61.9 Å². The van der Waals surface area contributed by atoms with Crippen LogP contribution in [0.25, 0.3) is 27.5 Å². The van der Waals surface area contributed by atoms with Crippen LogP contribution in [0, 0.1) is 13.8 Å². The summed E-state index contributed by atoms with van der Waals surface area (Å²) in [7, 11) is 0. The van der Waals surface area contributed by atoms with Gasteiger partial charge in [0, 0.05) is 34.5 Å². The maximum absolute atomic E-state index is 13.1. The SMILES string of the molecule is CCN(CC)c1ccc(-n2nc3cc(C)c(NC(=S)NC(=O)c4cccc5c(Br)cccc45)cc3n2)c(C)c1. The fraction of sp³-hybridized carbons (Fsp3) is 0.200. The smallest absolute Gasteiger partial charge is 0.258 e. The van der Waals surface area contributed by atoms with Crippen molar-refractivity contribution in [3.63, 3.8) is 0 Å². The van der Waals surface area contributed by atoms with E-state index in [-0.39, 0.29) is 11.0 Å². The molecule has 198 valence electrons. The highest BCUT2D eigenvalue weighted by atomic mass is 79.9. The highest BCUT2D eigenvalue weighted by molar-refractivity contribution is 9.10. The van der Waals surface area contributed by atoms with Crippen molar-refractivity contribution in [2.45, 2.75) is 27.7 Å². The zero-order valence-electron chi connectivity index (χ0n) is 22.2. The number of amides is 1. The monoisotopic (exact) mass is 600 g/mol. The van der Waals surface area contributed by atoms with Crippen molar-refractivity contribution in [1.29, 1.82) is 0 Å². The Morgan fingerprint density at radius 3 is 2.33 bits per heavy atom. The summed E-state index contributed by atoms with van der Waals surface area (Å²) in [6.07, 6.45) is 0. The normalized spacial score (nSPS) is 11.1. The largest absolute Gasteiger partial charge is 0.372 e. The lowest BCUT2D eigenvalue weighted by molar-refractivity contribution is 0.0979. The molecule has 7 nitrogen and oxygen atoms in total. The molecule has 0 spiro atoms. The number of nitrogens with one attached hydrogen (secondary N) is 2. The number of aromatic nitrogens is 3. The quantitative estimate of drug-likeness (QED) is 0.206. The van der Waals surface area contributed by atoms with Crippen molar-refractivity contribution in [2.75, 3.05) is 23.3 Å². The van der Waals surface area contributed by atoms with Crippen LogP contribution in [0.2, 0.25) is 0 Å². The van der Waals surface area contributed by atoms with E-state index in [1.807, 2.05) is 49.4 Å². The molecule has 0 saturated heterocycles. The van der Waals surface area contributed by atoms with Gasteiger partial charge in [-0.3, -0.25) is 10.1 Å². The number of nitrogens with zero attached hydrogens (tertiary/aromatic N) is 4. The highest BCUT2D eigenvalue weighted by Gasteiger charge is 2.15. The number of benzene rings is 4. The van der Waals surface area contributed by atoms with Crippen LogP contribution in [0.3, 0.4) is 0 Å². The van der Waals surface area contributed by atoms with Crippen molar-refractivity contribution < 1.29 is 4.79 Å². The predicted molar refractivity (Wildman–Crippen MR) is 167 cm³/mol. The summed E-state index contributed by atoms with van der Waals surface area (Å²) >= 11 is 9.05. The molecular weight excluding hydrogens is 572 g/mol. The maximum Gasteiger partial charge on any atom is 0.258 e. The predicted octanol–water partition coefficient (Wildman–Crippen LogP) is 6.93. The molecule has 1 amide bonds. The third-order valence-electron chi connectivity index (χ3n) is 6.84. The van der Waals surface area contributed by atoms with Gasteiger partial charge in [-0.05, 0) is 104 Å². The van der Waals surface area contributed by atoms with E-state index in [0.29, 0.717) is 5.56 Å². The lowest BCUT2D eigenvalue weighted by Gasteiger charge is -2.22. The Bertz CT molecular complexity index is 1730. The first-order valence-corrected chi connectivity index (χ1v) is 14.0. The van der Waals surface area contributed by atoms with E-state index in [2.05, 4.69) is 70.4 Å². The average molecular weight is 602 g/mol. The Labute approximate surface area is 241 Å². The van der Waals surface area contributed by atoms with Gasteiger partial charge >= 0.3 is 0 Å². The molecule has 0 unspecified atom stereocenters. The molecule has 0 aliphatic heterocycles. The van der Waals surface area contributed by atoms with Crippen LogP contribution < -0.4 is 15.5 Å². The molecule has 4 aromatic carbocycles. The van der Waals surface area contributed by atoms with Gasteiger partial charge in [0.15, 0.2) is 5.11 Å². The van der Waals surface area contributed by atoms with Crippen molar-refractivity contribution in [1.82, 2.24) is 20.3 Å². The summed E-state index contributed by atoms with van der Waals surface area (Å²) in [6, 6.07) is 21.6. The second-order valence-corrected chi connectivity index (χ2v) is 10.6. The van der Waals surface area contributed by atoms with Gasteiger partial charge in [0.05, 0.1) is 5.69 Å². The summed E-state index contributed by atoms with van der Waals surface area (Å²) in [5, 5.41) is 17.5. The van der Waals surface area contributed by atoms with Crippen molar-refractivity contribution in [2.24, 2.45) is 0 Å². The first kappa shape index (κ1) is 26.8. The molecule has 0 aliphatic rings. The molecule has 0 bridgehead atoms. The maximum atomic E-state index is 13.1. The van der Waals surface area contributed by atoms with Gasteiger partial charge in [0.25, 0.3) is 5.91 Å². The van der Waals surface area contributed by atoms with E-state index in [1.54, 1.807) is 10.9 Å². The van der Waals surface area contributed by atoms with Crippen LogP contribution >= 0.6 is 28.1 Å². The molecule has 0 atom stereocenters. The molecule has 9 heteroatoms. The third-order valence-corrected chi connectivity index (χ3v) is 7.74. The Morgan fingerprint density at radius 2 is 1.62 bits per heavy atom. The molecule has 0 fully saturated rings. The molecule has 39 heavy (non-hydrogen) atoms. The first-order valence-electron chi connectivity index (χ1n) is 12.8. The van der Waals surface area contributed by atoms with Crippen molar-refractivity contribution >= 4 is 72.3 Å². The minimum absolute atomic E-state index is 0.213. The number of anilines is 2. The molecule has 1 heterocycles. The number of fused-ring (bicyclic) bond motifs is 2. The Kier molecular flexibility index (Phi) is 7.63. The lowest BCUT2D eigenvalue weighted by atomic mass is 10.0. The number of carbonyl (C=O) groups excluding carboxylic acids is 1. The number of hydrogen-bond acceptors (Lipinski definition) is 5. The van der Waals surface area contributed by atoms with Gasteiger partial charge < -0.3 is 10.2 Å². The molecule has 0 saturated carbocycles. The molecule has 0 aliphatic carbocycles. The minimum atomic E-state index is -0.274. The summed E-state index contributed by atoms with van der Waals surface area (Å²) in [6.45, 7) is 10.3. The summed E-state index contributed by atoms with van der Waals surface area (Å²) in [5.74, 6) is -0.274. The van der Waals surface area contributed by atoms with Crippen LogP contribution in [0.5, 0.6) is 0 Å². The first-order chi connectivity index (χ1) is 18.8. The van der Waals surface area contributed by atoms with Gasteiger partial charge in [0.1, 0.15) is 11.0 Å². The number of halogens is 1. The topological polar surface area (TPSA) is 75.1 Å². The van der Waals surface area contributed by atoms with Crippen LogP contribution in [0.1, 0.15) is 35.3 Å². The summed E-state index contributed by atoms with van der Waals surface area (Å²) in [4.78, 5) is 17.1. The van der Waals surface area contributed by atoms with Gasteiger partial charge in [-0.25, -0.2) is 0 Å². The minimum Gasteiger partial charge on any atom is -0.372 e. The van der Waals surface area contributed by atoms with Crippen LogP contribution in [-0.4, -0.2) is 39.1 Å². The van der Waals surface area contributed by atoms with Gasteiger partial charge in [-0.2, -0.15) is 4.80 Å². The van der Waals surface area contributed by atoms with Gasteiger partial charge in [-0.15, -0.1) is 10.2 Å². The number of aryl methyl sites for hydroxylation is 2. The molecule has 5 aromatic rings. The third kappa shape index (κ3) is 5.37. The van der Waals surface area contributed by atoms with Crippen LogP contribution in [0.15, 0.2) is 71.2 Å². The van der Waals surface area contributed by atoms with E-state index in [4.69, 9.17) is 22.4 Å². The van der Waals surface area contributed by atoms with E-state index in [1.165, 1.54) is 5.69 Å². The standard InChI is InChI=1S/C30H29BrN6OS/c1-5-36(6-2)20-13-14-28(19(4)15-20)37-34-26-16-18(3)25(17-27(26)35-37)32-30(39)33-29(38)23-11-7-10-22-21(23)9-8-12-24(22)31/h7-17H,5-6H2,1-4H3,(H2,32,33,38,39). The van der Waals surface area contributed by atoms with Gasteiger partial charge in [0.2, 0.25) is 0 Å². The molecular formula is C30H29BrN6OS. The Hall–Kier alpha value is -3.82. The van der Waals surface area contributed by atoms with E-state index >= 15 is 0 Å². The fourth-order valence-electron chi connectivity index (χ4n) is 4.75. The van der Waals surface area contributed by atoms with E-state index < -0.39 is 0 Å². The average Bonchev–Trinajstić information content (AvgIpc) is 3.31. The number of carbonyl (C=O) groups is 1. The molecule has 0 radical (unpaired) electrons. The highest BCUT2D eigenvalue weighted by Crippen LogP contribution is 2.27. The molecule has 2 N–H and O–H groups in total. The lowest BCUT2D eigenvalue weighted by Crippen LogP contribution is -2.34. The number of thiocarbonyl (C=S) groups is 1. The second kappa shape index (κ2) is 11.1. The van der Waals surface area contributed by atoms with Crippen molar-refractivity contribution in [3.05, 3.63) is 87.9 Å². The van der Waals surface area contributed by atoms with Crippen LogP contribution in [-0.2, 0) is 0 Å². The number of hydrogen-bond donors (Lipinski definition) is 2. The molecule has 5 rings (SSSR count). The summed E-state index contributed by atoms with van der Waals surface area (Å²) < 4.78 is 0.933. The molecule has 1 aromatic heterocycles. The van der Waals surface area contributed by atoms with Crippen LogP contribution in [0.4, 0.5) is 11.4 Å². The van der Waals surface area contributed by atoms with Crippen molar-refractivity contribution in [3.8, 4) is 5.69 Å². The Balaban J connectivity index is 1.36. The summed E-state index contributed by atoms with van der Waals surface area (Å²) in [5.41, 5.74) is 6.97. The zero-order chi connectivity index (χ0) is 27.7. The zero-order valence-corrected chi connectivity index (χ0v) is 24.7. The van der Waals surface area contributed by atoms with E-state index in [9.17, 15) is 4.79 Å². The Morgan fingerprint density at radius 1 is 0.923 bits per heavy atom. The fourth-order valence-corrected chi connectivity index (χ4v) is 5.45. The van der Waals surface area contributed by atoms with Gasteiger partial charge in [-0.1, -0.05) is 40.2 Å². The second-order valence-electron chi connectivity index (χ2n) is 9.34.